The highest BCUT2D eigenvalue weighted by molar-refractivity contribution is 6.31. The van der Waals surface area contributed by atoms with E-state index >= 15 is 0 Å². The molecule has 0 amide bonds. The Bertz CT molecular complexity index is 471. The van der Waals surface area contributed by atoms with Gasteiger partial charge in [0.25, 0.3) is 0 Å². The normalized spacial score (nSPS) is 21.4. The van der Waals surface area contributed by atoms with Crippen LogP contribution < -0.4 is 5.32 Å². The Morgan fingerprint density at radius 3 is 2.61 bits per heavy atom. The van der Waals surface area contributed by atoms with E-state index in [1.54, 1.807) is 0 Å². The van der Waals surface area contributed by atoms with Gasteiger partial charge in [-0.2, -0.15) is 0 Å². The molecule has 1 nitrogen and oxygen atoms in total. The van der Waals surface area contributed by atoms with E-state index in [1.807, 2.05) is 6.07 Å². The zero-order valence-electron chi connectivity index (χ0n) is 10.3. The second kappa shape index (κ2) is 4.67. The number of rotatable bonds is 4. The van der Waals surface area contributed by atoms with Crippen molar-refractivity contribution in [1.82, 2.24) is 5.32 Å². The molecule has 0 unspecified atom stereocenters. The zero-order chi connectivity index (χ0) is 12.6. The lowest BCUT2D eigenvalue weighted by Gasteiger charge is -2.31. The topological polar surface area (TPSA) is 12.0 Å². The summed E-state index contributed by atoms with van der Waals surface area (Å²) in [5.74, 6) is -0.264. The highest BCUT2D eigenvalue weighted by atomic mass is 35.5. The van der Waals surface area contributed by atoms with Crippen molar-refractivity contribution in [2.75, 3.05) is 6.54 Å². The zero-order valence-corrected chi connectivity index (χ0v) is 11.0. The van der Waals surface area contributed by atoms with Crippen LogP contribution in [0.2, 0.25) is 5.02 Å². The van der Waals surface area contributed by atoms with Gasteiger partial charge in [-0.3, -0.25) is 0 Å². The Hall–Kier alpha value is -0.860. The van der Waals surface area contributed by atoms with Crippen molar-refractivity contribution >= 4 is 11.6 Å². The van der Waals surface area contributed by atoms with Crippen molar-refractivity contribution < 1.29 is 4.39 Å². The molecule has 0 bridgehead atoms. The highest BCUT2D eigenvalue weighted by Gasteiger charge is 2.36. The molecule has 1 aromatic carbocycles. The maximum atomic E-state index is 13.2. The third-order valence-corrected chi connectivity index (χ3v) is 4.31. The minimum atomic E-state index is -0.264. The van der Waals surface area contributed by atoms with Gasteiger partial charge in [-0.15, -0.1) is 0 Å². The van der Waals surface area contributed by atoms with Crippen LogP contribution in [0, 0.1) is 5.82 Å². The van der Waals surface area contributed by atoms with E-state index in [0.29, 0.717) is 11.1 Å². The molecule has 0 saturated heterocycles. The summed E-state index contributed by atoms with van der Waals surface area (Å²) < 4.78 is 13.2. The summed E-state index contributed by atoms with van der Waals surface area (Å²) in [7, 11) is 0. The largest absolute Gasteiger partial charge is 0.313 e. The Morgan fingerprint density at radius 2 is 2.00 bits per heavy atom. The van der Waals surface area contributed by atoms with Gasteiger partial charge in [0.05, 0.1) is 0 Å². The molecule has 3 rings (SSSR count). The Kier molecular flexibility index (Phi) is 3.16. The van der Waals surface area contributed by atoms with Crippen LogP contribution in [0.5, 0.6) is 0 Å². The van der Waals surface area contributed by atoms with Gasteiger partial charge in [0, 0.05) is 23.0 Å². The molecule has 96 valence electrons. The molecule has 2 aliphatic carbocycles. The molecule has 1 fully saturated rings. The quantitative estimate of drug-likeness (QED) is 0.816. The number of benzene rings is 1. The van der Waals surface area contributed by atoms with Crippen LogP contribution in [-0.4, -0.2) is 12.6 Å². The average molecular weight is 266 g/mol. The first kappa shape index (κ1) is 12.2. The molecule has 0 aromatic heterocycles. The lowest BCUT2D eigenvalue weighted by atomic mass is 9.78. The lowest BCUT2D eigenvalue weighted by Crippen LogP contribution is -2.37. The second-order valence-electron chi connectivity index (χ2n) is 5.44. The smallest absolute Gasteiger partial charge is 0.124 e. The fraction of sp³-hybridized carbons (Fsp3) is 0.467. The molecule has 0 atom stereocenters. The highest BCUT2D eigenvalue weighted by Crippen LogP contribution is 2.40. The van der Waals surface area contributed by atoms with E-state index in [2.05, 4.69) is 17.5 Å². The van der Waals surface area contributed by atoms with Crippen LogP contribution >= 0.6 is 11.6 Å². The summed E-state index contributed by atoms with van der Waals surface area (Å²) in [4.78, 5) is 0. The van der Waals surface area contributed by atoms with Crippen molar-refractivity contribution in [3.8, 4) is 0 Å². The van der Waals surface area contributed by atoms with Gasteiger partial charge in [-0.05, 0) is 43.4 Å². The van der Waals surface area contributed by atoms with Gasteiger partial charge >= 0.3 is 0 Å². The lowest BCUT2D eigenvalue weighted by molar-refractivity contribution is 0.416. The minimum Gasteiger partial charge on any atom is -0.313 e. The van der Waals surface area contributed by atoms with Crippen molar-refractivity contribution in [1.29, 1.82) is 0 Å². The Balaban J connectivity index is 1.87. The number of hydrogen-bond donors (Lipinski definition) is 1. The molecule has 2 aliphatic rings. The summed E-state index contributed by atoms with van der Waals surface area (Å²) in [5, 5.41) is 4.14. The van der Waals surface area contributed by atoms with E-state index in [4.69, 9.17) is 11.6 Å². The first-order valence-corrected chi connectivity index (χ1v) is 6.91. The standard InChI is InChI=1S/C15H17ClFN/c16-14-9-11(17)3-6-13(14)15(7-1-2-8-15)10-18-12-4-5-12/h1-3,6,9,12,18H,4-5,7-8,10H2. The third kappa shape index (κ3) is 2.32. The number of nitrogens with one attached hydrogen (secondary N) is 1. The van der Waals surface area contributed by atoms with Crippen molar-refractivity contribution in [2.45, 2.75) is 37.1 Å². The number of allylic oxidation sites excluding steroid dienone is 2. The molecular weight excluding hydrogens is 249 g/mol. The van der Waals surface area contributed by atoms with Gasteiger partial charge in [0.2, 0.25) is 0 Å². The maximum absolute atomic E-state index is 13.2. The predicted molar refractivity (Wildman–Crippen MR) is 72.5 cm³/mol. The molecule has 1 N–H and O–H groups in total. The predicted octanol–water partition coefficient (Wildman–Crippen LogP) is 3.82. The Morgan fingerprint density at radius 1 is 1.28 bits per heavy atom. The molecule has 1 aromatic rings. The van der Waals surface area contributed by atoms with Gasteiger partial charge in [-0.1, -0.05) is 29.8 Å². The van der Waals surface area contributed by atoms with Crippen LogP contribution in [0.1, 0.15) is 31.2 Å². The van der Waals surface area contributed by atoms with E-state index in [1.165, 1.54) is 25.0 Å². The summed E-state index contributed by atoms with van der Waals surface area (Å²) >= 11 is 6.23. The molecule has 0 radical (unpaired) electrons. The fourth-order valence-electron chi connectivity index (χ4n) is 2.71. The van der Waals surface area contributed by atoms with E-state index in [-0.39, 0.29) is 11.2 Å². The fourth-order valence-corrected chi connectivity index (χ4v) is 3.08. The summed E-state index contributed by atoms with van der Waals surface area (Å²) in [6.07, 6.45) is 8.93. The van der Waals surface area contributed by atoms with Gasteiger partial charge in [0.15, 0.2) is 0 Å². The maximum Gasteiger partial charge on any atom is 0.124 e. The monoisotopic (exact) mass is 265 g/mol. The molecule has 18 heavy (non-hydrogen) atoms. The third-order valence-electron chi connectivity index (χ3n) is 3.99. The van der Waals surface area contributed by atoms with Crippen LogP contribution in [0.25, 0.3) is 0 Å². The second-order valence-corrected chi connectivity index (χ2v) is 5.85. The van der Waals surface area contributed by atoms with Crippen LogP contribution in [0.4, 0.5) is 4.39 Å². The molecule has 0 heterocycles. The van der Waals surface area contributed by atoms with Crippen LogP contribution in [-0.2, 0) is 5.41 Å². The van der Waals surface area contributed by atoms with Gasteiger partial charge in [-0.25, -0.2) is 4.39 Å². The number of halogens is 2. The Labute approximate surface area is 112 Å². The first-order valence-electron chi connectivity index (χ1n) is 6.54. The molecular formula is C15H17ClFN. The van der Waals surface area contributed by atoms with Crippen molar-refractivity contribution in [3.05, 3.63) is 46.8 Å². The molecule has 1 saturated carbocycles. The molecule has 3 heteroatoms. The van der Waals surface area contributed by atoms with Crippen molar-refractivity contribution in [2.24, 2.45) is 0 Å². The van der Waals surface area contributed by atoms with Gasteiger partial charge in [0.1, 0.15) is 5.82 Å². The summed E-state index contributed by atoms with van der Waals surface area (Å²) in [6.45, 7) is 0.927. The summed E-state index contributed by atoms with van der Waals surface area (Å²) in [6, 6.07) is 5.47. The van der Waals surface area contributed by atoms with Gasteiger partial charge < -0.3 is 5.32 Å². The summed E-state index contributed by atoms with van der Waals surface area (Å²) in [5.41, 5.74) is 1.09. The van der Waals surface area contributed by atoms with Crippen LogP contribution in [0.3, 0.4) is 0 Å². The first-order chi connectivity index (χ1) is 8.70. The molecule has 0 spiro atoms. The average Bonchev–Trinajstić information content (AvgIpc) is 3.05. The van der Waals surface area contributed by atoms with Crippen molar-refractivity contribution in [3.63, 3.8) is 0 Å². The SMILES string of the molecule is Fc1ccc(C2(CNC3CC3)CC=CC2)c(Cl)c1. The minimum absolute atomic E-state index is 0.0212. The van der Waals surface area contributed by atoms with E-state index in [9.17, 15) is 4.39 Å². The number of hydrogen-bond acceptors (Lipinski definition) is 1. The van der Waals surface area contributed by atoms with E-state index in [0.717, 1.165) is 24.9 Å². The van der Waals surface area contributed by atoms with Crippen LogP contribution in [0.15, 0.2) is 30.4 Å². The molecule has 0 aliphatic heterocycles. The van der Waals surface area contributed by atoms with E-state index < -0.39 is 0 Å².